The highest BCUT2D eigenvalue weighted by molar-refractivity contribution is 8.00. The number of hydrogen-bond donors (Lipinski definition) is 1. The van der Waals surface area contributed by atoms with E-state index in [4.69, 9.17) is 4.74 Å². The summed E-state index contributed by atoms with van der Waals surface area (Å²) in [7, 11) is 1.60. The Hall–Kier alpha value is -1.93. The molecule has 0 unspecified atom stereocenters. The van der Waals surface area contributed by atoms with Crippen LogP contribution >= 0.6 is 11.8 Å². The van der Waals surface area contributed by atoms with E-state index in [0.29, 0.717) is 18.3 Å². The van der Waals surface area contributed by atoms with E-state index in [2.05, 4.69) is 26.9 Å². The van der Waals surface area contributed by atoms with Gasteiger partial charge in [0.15, 0.2) is 0 Å². The van der Waals surface area contributed by atoms with Gasteiger partial charge in [0.1, 0.15) is 0 Å². The van der Waals surface area contributed by atoms with Crippen molar-refractivity contribution >= 4 is 17.7 Å². The number of rotatable bonds is 7. The van der Waals surface area contributed by atoms with Gasteiger partial charge in [-0.1, -0.05) is 17.8 Å². The van der Waals surface area contributed by atoms with E-state index in [1.54, 1.807) is 11.8 Å². The van der Waals surface area contributed by atoms with Crippen LogP contribution in [0.4, 0.5) is 0 Å². The molecule has 23 heavy (non-hydrogen) atoms. The highest BCUT2D eigenvalue weighted by atomic mass is 32.2. The van der Waals surface area contributed by atoms with Crippen molar-refractivity contribution in [2.75, 3.05) is 20.3 Å². The van der Waals surface area contributed by atoms with Crippen molar-refractivity contribution in [1.82, 2.24) is 25.5 Å². The summed E-state index contributed by atoms with van der Waals surface area (Å²) in [6, 6.07) is 6.11. The minimum atomic E-state index is -0.303. The SMILES string of the molecule is COCCNC(=O)[C@@H](C)Sc1nnnn1-c1cc(C)cc(C)c1. The number of nitrogens with zero attached hydrogens (tertiary/aromatic N) is 4. The van der Waals surface area contributed by atoms with Gasteiger partial charge in [0, 0.05) is 13.7 Å². The van der Waals surface area contributed by atoms with Crippen LogP contribution in [-0.4, -0.2) is 51.6 Å². The molecule has 0 aliphatic heterocycles. The lowest BCUT2D eigenvalue weighted by Gasteiger charge is -2.12. The fraction of sp³-hybridized carbons (Fsp3) is 0.467. The molecular formula is C15H21N5O2S. The largest absolute Gasteiger partial charge is 0.383 e. The molecule has 1 aromatic heterocycles. The number of aryl methyl sites for hydroxylation is 2. The minimum Gasteiger partial charge on any atom is -0.383 e. The summed E-state index contributed by atoms with van der Waals surface area (Å²) < 4.78 is 6.58. The third-order valence-corrected chi connectivity index (χ3v) is 4.18. The molecule has 1 atom stereocenters. The molecule has 8 heteroatoms. The van der Waals surface area contributed by atoms with Crippen LogP contribution in [0, 0.1) is 13.8 Å². The Morgan fingerprint density at radius 1 is 1.35 bits per heavy atom. The molecule has 2 rings (SSSR count). The van der Waals surface area contributed by atoms with Gasteiger partial charge in [0.25, 0.3) is 0 Å². The van der Waals surface area contributed by atoms with E-state index in [0.717, 1.165) is 16.8 Å². The van der Waals surface area contributed by atoms with Gasteiger partial charge < -0.3 is 10.1 Å². The molecule has 0 saturated carbocycles. The van der Waals surface area contributed by atoms with Gasteiger partial charge in [-0.25, -0.2) is 0 Å². The average Bonchev–Trinajstić information content (AvgIpc) is 2.94. The molecule has 1 heterocycles. The summed E-state index contributed by atoms with van der Waals surface area (Å²) in [6.45, 7) is 6.86. The lowest BCUT2D eigenvalue weighted by molar-refractivity contribution is -0.120. The quantitative estimate of drug-likeness (QED) is 0.610. The van der Waals surface area contributed by atoms with Crippen molar-refractivity contribution in [1.29, 1.82) is 0 Å². The summed E-state index contributed by atoms with van der Waals surface area (Å²) in [6.07, 6.45) is 0. The van der Waals surface area contributed by atoms with Gasteiger partial charge in [-0.3, -0.25) is 4.79 Å². The number of nitrogens with one attached hydrogen (secondary N) is 1. The van der Waals surface area contributed by atoms with Crippen LogP contribution in [0.15, 0.2) is 23.4 Å². The Morgan fingerprint density at radius 2 is 2.04 bits per heavy atom. The summed E-state index contributed by atoms with van der Waals surface area (Å²) in [4.78, 5) is 12.0. The maximum absolute atomic E-state index is 12.0. The van der Waals surface area contributed by atoms with Gasteiger partial charge in [-0.2, -0.15) is 4.68 Å². The van der Waals surface area contributed by atoms with Gasteiger partial charge in [0.2, 0.25) is 11.1 Å². The van der Waals surface area contributed by atoms with Gasteiger partial charge >= 0.3 is 0 Å². The van der Waals surface area contributed by atoms with Crippen LogP contribution in [0.3, 0.4) is 0 Å². The van der Waals surface area contributed by atoms with Crippen molar-refractivity contribution < 1.29 is 9.53 Å². The first-order chi connectivity index (χ1) is 11.0. The number of hydrogen-bond acceptors (Lipinski definition) is 6. The third kappa shape index (κ3) is 4.77. The van der Waals surface area contributed by atoms with Gasteiger partial charge in [0.05, 0.1) is 17.5 Å². The van der Waals surface area contributed by atoms with Crippen LogP contribution in [0.1, 0.15) is 18.1 Å². The first-order valence-electron chi connectivity index (χ1n) is 7.31. The van der Waals surface area contributed by atoms with E-state index in [9.17, 15) is 4.79 Å². The number of ether oxygens (including phenoxy) is 1. The maximum atomic E-state index is 12.0. The Labute approximate surface area is 139 Å². The number of benzene rings is 1. The molecule has 0 fully saturated rings. The summed E-state index contributed by atoms with van der Waals surface area (Å²) in [5, 5.41) is 14.9. The van der Waals surface area contributed by atoms with Crippen molar-refractivity contribution in [3.8, 4) is 5.69 Å². The first-order valence-corrected chi connectivity index (χ1v) is 8.19. The predicted molar refractivity (Wildman–Crippen MR) is 88.8 cm³/mol. The molecule has 1 N–H and O–H groups in total. The first kappa shape index (κ1) is 17.4. The number of aromatic nitrogens is 4. The Kier molecular flexibility index (Phi) is 6.12. The minimum absolute atomic E-state index is 0.0676. The number of carbonyl (C=O) groups excluding carboxylic acids is 1. The van der Waals surface area contributed by atoms with Crippen molar-refractivity contribution in [2.45, 2.75) is 31.2 Å². The highest BCUT2D eigenvalue weighted by Crippen LogP contribution is 2.23. The highest BCUT2D eigenvalue weighted by Gasteiger charge is 2.19. The molecule has 124 valence electrons. The zero-order chi connectivity index (χ0) is 16.8. The van der Waals surface area contributed by atoms with Crippen molar-refractivity contribution in [3.63, 3.8) is 0 Å². The standard InChI is InChI=1S/C15H21N5O2S/c1-10-7-11(2)9-13(8-10)20-15(17-18-19-20)23-12(3)14(21)16-5-6-22-4/h7-9,12H,5-6H2,1-4H3,(H,16,21)/t12-/m1/s1. The average molecular weight is 335 g/mol. The van der Waals surface area contributed by atoms with E-state index < -0.39 is 0 Å². The lowest BCUT2D eigenvalue weighted by atomic mass is 10.1. The molecule has 0 aliphatic carbocycles. The third-order valence-electron chi connectivity index (χ3n) is 3.15. The summed E-state index contributed by atoms with van der Waals surface area (Å²) in [5.74, 6) is -0.0676. The van der Waals surface area contributed by atoms with Crippen LogP contribution in [0.5, 0.6) is 0 Å². The second-order valence-electron chi connectivity index (χ2n) is 5.26. The van der Waals surface area contributed by atoms with Crippen LogP contribution in [0.2, 0.25) is 0 Å². The molecule has 0 bridgehead atoms. The molecule has 0 spiro atoms. The van der Waals surface area contributed by atoms with E-state index >= 15 is 0 Å². The fourth-order valence-corrected chi connectivity index (χ4v) is 2.95. The second kappa shape index (κ2) is 8.07. The monoisotopic (exact) mass is 335 g/mol. The van der Waals surface area contributed by atoms with Crippen LogP contribution in [-0.2, 0) is 9.53 Å². The van der Waals surface area contributed by atoms with E-state index in [1.807, 2.05) is 32.9 Å². The molecule has 0 radical (unpaired) electrons. The Balaban J connectivity index is 2.10. The molecular weight excluding hydrogens is 314 g/mol. The Morgan fingerprint density at radius 3 is 2.70 bits per heavy atom. The molecule has 1 amide bonds. The van der Waals surface area contributed by atoms with Gasteiger partial charge in [-0.15, -0.1) is 5.10 Å². The Bertz CT molecular complexity index is 653. The van der Waals surface area contributed by atoms with Crippen LogP contribution < -0.4 is 5.32 Å². The van der Waals surface area contributed by atoms with Crippen molar-refractivity contribution in [3.05, 3.63) is 29.3 Å². The molecule has 0 aliphatic rings. The molecule has 7 nitrogen and oxygen atoms in total. The normalized spacial score (nSPS) is 12.2. The summed E-state index contributed by atoms with van der Waals surface area (Å²) >= 11 is 1.32. The fourth-order valence-electron chi connectivity index (χ4n) is 2.12. The zero-order valence-electron chi connectivity index (χ0n) is 13.7. The van der Waals surface area contributed by atoms with E-state index in [1.165, 1.54) is 11.8 Å². The number of amides is 1. The number of tetrazole rings is 1. The topological polar surface area (TPSA) is 81.9 Å². The number of thioether (sulfide) groups is 1. The molecule has 0 saturated heterocycles. The zero-order valence-corrected chi connectivity index (χ0v) is 14.6. The van der Waals surface area contributed by atoms with Gasteiger partial charge in [-0.05, 0) is 54.5 Å². The number of carbonyl (C=O) groups is 1. The van der Waals surface area contributed by atoms with E-state index in [-0.39, 0.29) is 11.2 Å². The predicted octanol–water partition coefficient (Wildman–Crippen LogP) is 1.52. The van der Waals surface area contributed by atoms with Crippen LogP contribution in [0.25, 0.3) is 5.69 Å². The van der Waals surface area contributed by atoms with Crippen molar-refractivity contribution in [2.24, 2.45) is 0 Å². The summed E-state index contributed by atoms with van der Waals surface area (Å²) in [5.41, 5.74) is 3.16. The molecule has 2 aromatic rings. The number of methoxy groups -OCH3 is 1. The lowest BCUT2D eigenvalue weighted by Crippen LogP contribution is -2.33. The maximum Gasteiger partial charge on any atom is 0.233 e. The smallest absolute Gasteiger partial charge is 0.233 e. The second-order valence-corrected chi connectivity index (χ2v) is 6.57. The molecule has 1 aromatic carbocycles.